The maximum Gasteiger partial charge on any atom is 0.0640 e. The van der Waals surface area contributed by atoms with Crippen molar-refractivity contribution in [1.82, 2.24) is 14.5 Å². The van der Waals surface area contributed by atoms with E-state index < -0.39 is 0 Å². The van der Waals surface area contributed by atoms with E-state index in [9.17, 15) is 0 Å². The Bertz CT molecular complexity index is 1740. The topological polar surface area (TPSA) is 30.7 Å². The van der Waals surface area contributed by atoms with Crippen LogP contribution >= 0.6 is 11.3 Å². The molecule has 30 heavy (non-hydrogen) atoms. The van der Waals surface area contributed by atoms with Crippen LogP contribution in [0, 0.1) is 0 Å². The third-order valence-electron chi connectivity index (χ3n) is 5.96. The van der Waals surface area contributed by atoms with E-state index in [4.69, 9.17) is 0 Å². The molecular formula is C26H15N3S. The zero-order valence-electron chi connectivity index (χ0n) is 15.9. The van der Waals surface area contributed by atoms with Gasteiger partial charge in [-0.25, -0.2) is 0 Å². The van der Waals surface area contributed by atoms with Crippen molar-refractivity contribution in [3.63, 3.8) is 0 Å². The molecule has 0 fully saturated rings. The molecule has 0 N–H and O–H groups in total. The van der Waals surface area contributed by atoms with Gasteiger partial charge < -0.3 is 4.57 Å². The minimum absolute atomic E-state index is 1.13. The van der Waals surface area contributed by atoms with Gasteiger partial charge in [0, 0.05) is 66.8 Å². The molecule has 4 heteroatoms. The van der Waals surface area contributed by atoms with E-state index >= 15 is 0 Å². The predicted molar refractivity (Wildman–Crippen MR) is 127 cm³/mol. The number of pyridine rings is 2. The normalized spacial score (nSPS) is 12.0. The van der Waals surface area contributed by atoms with Crippen LogP contribution < -0.4 is 0 Å². The SMILES string of the molecule is c1ccc2c(c1)sc1c3cnccc3c3c4ccccc4n(-c4ccncc4)c3c21. The largest absolute Gasteiger partial charge is 0.308 e. The highest BCUT2D eigenvalue weighted by molar-refractivity contribution is 7.27. The van der Waals surface area contributed by atoms with E-state index in [-0.39, 0.29) is 0 Å². The Morgan fingerprint density at radius 2 is 1.40 bits per heavy atom. The van der Waals surface area contributed by atoms with Gasteiger partial charge in [-0.15, -0.1) is 11.3 Å². The van der Waals surface area contributed by atoms with Gasteiger partial charge in [0.2, 0.25) is 0 Å². The summed E-state index contributed by atoms with van der Waals surface area (Å²) in [7, 11) is 0. The summed E-state index contributed by atoms with van der Waals surface area (Å²) in [6, 6.07) is 23.7. The van der Waals surface area contributed by atoms with Crippen LogP contribution in [0.1, 0.15) is 0 Å². The fourth-order valence-electron chi connectivity index (χ4n) is 4.77. The Labute approximate surface area is 175 Å². The highest BCUT2D eigenvalue weighted by Gasteiger charge is 2.21. The zero-order chi connectivity index (χ0) is 19.7. The number of hydrogen-bond donors (Lipinski definition) is 0. The van der Waals surface area contributed by atoms with E-state index in [2.05, 4.69) is 81.3 Å². The molecule has 0 aliphatic heterocycles. The third-order valence-corrected chi connectivity index (χ3v) is 7.17. The van der Waals surface area contributed by atoms with Gasteiger partial charge in [0.05, 0.1) is 11.0 Å². The lowest BCUT2D eigenvalue weighted by molar-refractivity contribution is 1.16. The number of benzene rings is 3. The van der Waals surface area contributed by atoms with Crippen molar-refractivity contribution in [3.8, 4) is 5.69 Å². The molecule has 0 bridgehead atoms. The van der Waals surface area contributed by atoms with Crippen molar-refractivity contribution in [2.24, 2.45) is 0 Å². The smallest absolute Gasteiger partial charge is 0.0640 e. The third kappa shape index (κ3) is 1.98. The Morgan fingerprint density at radius 3 is 2.30 bits per heavy atom. The lowest BCUT2D eigenvalue weighted by Crippen LogP contribution is -1.94. The average Bonchev–Trinajstić information content (AvgIpc) is 3.36. The second-order valence-corrected chi connectivity index (χ2v) is 8.56. The molecule has 0 atom stereocenters. The Balaban J connectivity index is 1.91. The van der Waals surface area contributed by atoms with Crippen molar-refractivity contribution < 1.29 is 0 Å². The average molecular weight is 401 g/mol. The predicted octanol–water partition coefficient (Wildman–Crippen LogP) is 7.09. The van der Waals surface area contributed by atoms with Crippen molar-refractivity contribution in [3.05, 3.63) is 91.5 Å². The minimum Gasteiger partial charge on any atom is -0.308 e. The van der Waals surface area contributed by atoms with E-state index in [1.54, 1.807) is 0 Å². The van der Waals surface area contributed by atoms with Gasteiger partial charge in [-0.3, -0.25) is 9.97 Å². The highest BCUT2D eigenvalue weighted by Crippen LogP contribution is 2.47. The van der Waals surface area contributed by atoms with Crippen LogP contribution in [0.4, 0.5) is 0 Å². The summed E-state index contributed by atoms with van der Waals surface area (Å²) < 4.78 is 5.00. The maximum atomic E-state index is 4.48. The monoisotopic (exact) mass is 401 g/mol. The lowest BCUT2D eigenvalue weighted by Gasteiger charge is -2.10. The maximum absolute atomic E-state index is 4.48. The molecule has 0 aliphatic carbocycles. The number of hydrogen-bond acceptors (Lipinski definition) is 3. The Kier molecular flexibility index (Phi) is 3.15. The van der Waals surface area contributed by atoms with Crippen LogP contribution in [-0.2, 0) is 0 Å². The summed E-state index contributed by atoms with van der Waals surface area (Å²) in [6.45, 7) is 0. The molecule has 0 saturated carbocycles. The number of para-hydroxylation sites is 1. The van der Waals surface area contributed by atoms with Crippen molar-refractivity contribution >= 4 is 64.1 Å². The fourth-order valence-corrected chi connectivity index (χ4v) is 6.00. The first-order valence-electron chi connectivity index (χ1n) is 9.92. The van der Waals surface area contributed by atoms with E-state index in [1.807, 2.05) is 36.1 Å². The summed E-state index contributed by atoms with van der Waals surface area (Å²) in [5.74, 6) is 0. The van der Waals surface area contributed by atoms with E-state index in [0.717, 1.165) is 5.69 Å². The molecule has 7 rings (SSSR count). The molecular weight excluding hydrogens is 386 g/mol. The number of aromatic nitrogens is 3. The summed E-state index contributed by atoms with van der Waals surface area (Å²) in [5, 5.41) is 7.63. The van der Waals surface area contributed by atoms with Crippen molar-refractivity contribution in [2.45, 2.75) is 0 Å². The summed E-state index contributed by atoms with van der Waals surface area (Å²) in [6.07, 6.45) is 7.65. The molecule has 0 unspecified atom stereocenters. The van der Waals surface area contributed by atoms with E-state index in [1.165, 1.54) is 52.8 Å². The van der Waals surface area contributed by atoms with Crippen LogP contribution in [0.5, 0.6) is 0 Å². The molecule has 0 aliphatic rings. The minimum atomic E-state index is 1.13. The van der Waals surface area contributed by atoms with Gasteiger partial charge in [-0.2, -0.15) is 0 Å². The van der Waals surface area contributed by atoms with Gasteiger partial charge in [-0.05, 0) is 35.7 Å². The first kappa shape index (κ1) is 16.1. The summed E-state index contributed by atoms with van der Waals surface area (Å²) >= 11 is 1.85. The second-order valence-electron chi connectivity index (χ2n) is 7.51. The van der Waals surface area contributed by atoms with Crippen molar-refractivity contribution in [2.75, 3.05) is 0 Å². The van der Waals surface area contributed by atoms with Gasteiger partial charge in [-0.1, -0.05) is 36.4 Å². The van der Waals surface area contributed by atoms with Crippen molar-refractivity contribution in [1.29, 1.82) is 0 Å². The first-order valence-corrected chi connectivity index (χ1v) is 10.7. The molecule has 4 aromatic heterocycles. The van der Waals surface area contributed by atoms with Gasteiger partial charge in [0.25, 0.3) is 0 Å². The molecule has 140 valence electrons. The summed E-state index contributed by atoms with van der Waals surface area (Å²) in [5.41, 5.74) is 3.59. The first-order chi connectivity index (χ1) is 14.9. The Hall–Kier alpha value is -3.76. The fraction of sp³-hybridized carbons (Fsp3) is 0. The number of fused-ring (bicyclic) bond motifs is 10. The van der Waals surface area contributed by atoms with Gasteiger partial charge >= 0.3 is 0 Å². The number of thiophene rings is 1. The molecule has 0 spiro atoms. The molecule has 0 amide bonds. The number of rotatable bonds is 1. The zero-order valence-corrected chi connectivity index (χ0v) is 16.7. The number of nitrogens with zero attached hydrogens (tertiary/aromatic N) is 3. The molecule has 3 nitrogen and oxygen atoms in total. The lowest BCUT2D eigenvalue weighted by atomic mass is 10.0. The van der Waals surface area contributed by atoms with Gasteiger partial charge in [0.1, 0.15) is 0 Å². The quantitative estimate of drug-likeness (QED) is 0.294. The van der Waals surface area contributed by atoms with E-state index in [0.29, 0.717) is 0 Å². The molecule has 0 saturated heterocycles. The Morgan fingerprint density at radius 1 is 0.633 bits per heavy atom. The highest BCUT2D eigenvalue weighted by atomic mass is 32.1. The van der Waals surface area contributed by atoms with Crippen LogP contribution in [0.2, 0.25) is 0 Å². The molecule has 3 aromatic carbocycles. The van der Waals surface area contributed by atoms with Crippen LogP contribution in [0.15, 0.2) is 91.5 Å². The van der Waals surface area contributed by atoms with Gasteiger partial charge in [0.15, 0.2) is 0 Å². The van der Waals surface area contributed by atoms with Crippen LogP contribution in [-0.4, -0.2) is 14.5 Å². The standard InChI is InChI=1S/C26H15N3S/c1-3-7-21-18(5-1)23-17-11-14-28-15-20(17)26-24(19-6-2-4-8-22(19)30-26)25(23)29(21)16-9-12-27-13-10-16/h1-15H. The van der Waals surface area contributed by atoms with Crippen LogP contribution in [0.25, 0.3) is 58.4 Å². The molecule has 0 radical (unpaired) electrons. The summed E-state index contributed by atoms with van der Waals surface area (Å²) in [4.78, 5) is 8.72. The molecule has 7 aromatic rings. The second kappa shape index (κ2) is 5.88. The van der Waals surface area contributed by atoms with Crippen LogP contribution in [0.3, 0.4) is 0 Å². The molecule has 4 heterocycles.